The molecule has 3 heteroatoms. The molecule has 0 amide bonds. The summed E-state index contributed by atoms with van der Waals surface area (Å²) in [4.78, 5) is 0. The first-order valence-corrected chi connectivity index (χ1v) is 0.836. The van der Waals surface area contributed by atoms with Crippen molar-refractivity contribution in [1.82, 2.24) is 0 Å². The van der Waals surface area contributed by atoms with Crippen molar-refractivity contribution in [2.45, 2.75) is 0 Å². The predicted molar refractivity (Wildman–Crippen MR) is 27.0 cm³/mol. The number of halogens is 1. The van der Waals surface area contributed by atoms with Gasteiger partial charge in [0.25, 0.3) is 0 Å². The molecule has 0 rings (SSSR count). The Morgan fingerprint density at radius 1 is 1.75 bits per heavy atom. The molecule has 1 radical (unpaired) electrons. The second-order valence-corrected chi connectivity index (χ2v) is 0.274. The van der Waals surface area contributed by atoms with Crippen molar-refractivity contribution in [3.8, 4) is 5.40 Å². The van der Waals surface area contributed by atoms with Crippen LogP contribution in [0, 0.1) is 10.7 Å². The molecule has 23 valence electrons. The molecule has 0 aromatic rings. The molecular formula is CINS-. The van der Waals surface area contributed by atoms with Gasteiger partial charge in [-0.3, -0.25) is 0 Å². The van der Waals surface area contributed by atoms with Crippen molar-refractivity contribution >= 4 is 36.6 Å². The van der Waals surface area contributed by atoms with Gasteiger partial charge in [-0.05, 0) is 0 Å². The normalized spacial score (nSPS) is 1.75. The molecule has 0 aliphatic carbocycles. The third-order valence-electron chi connectivity index (χ3n) is 0. The number of rotatable bonds is 0. The van der Waals surface area contributed by atoms with Crippen LogP contribution in [0.1, 0.15) is 0 Å². The van der Waals surface area contributed by atoms with Crippen LogP contribution in [-0.4, -0.2) is 0 Å². The van der Waals surface area contributed by atoms with Crippen molar-refractivity contribution in [2.24, 2.45) is 0 Å². The molecule has 0 N–H and O–H groups in total. The Labute approximate surface area is 47.4 Å². The molecule has 0 spiro atoms. The second kappa shape index (κ2) is 9.88. The molecule has 0 atom stereocenters. The zero-order valence-corrected chi connectivity index (χ0v) is 4.71. The van der Waals surface area contributed by atoms with E-state index in [1.165, 1.54) is 5.40 Å². The topological polar surface area (TPSA) is 23.8 Å². The first-order valence-electron chi connectivity index (χ1n) is 0.428. The molecular weight excluding hydrogens is 185 g/mol. The van der Waals surface area contributed by atoms with Crippen LogP contribution in [0.3, 0.4) is 0 Å². The highest BCUT2D eigenvalue weighted by atomic mass is 127. The lowest BCUT2D eigenvalue weighted by Gasteiger charge is -1.53. The van der Waals surface area contributed by atoms with Gasteiger partial charge in [-0.25, -0.2) is 5.26 Å². The molecule has 0 heterocycles. The Morgan fingerprint density at radius 2 is 1.75 bits per heavy atom. The van der Waals surface area contributed by atoms with E-state index in [0.717, 1.165) is 0 Å². The van der Waals surface area contributed by atoms with Crippen LogP contribution in [0.4, 0.5) is 0 Å². The SMILES string of the molecule is N#C[S-].[I]. The lowest BCUT2D eigenvalue weighted by molar-refractivity contribution is 1.57. The van der Waals surface area contributed by atoms with E-state index < -0.39 is 0 Å². The average Bonchev–Trinajstić information content (AvgIpc) is 0.918. The van der Waals surface area contributed by atoms with Crippen LogP contribution in [-0.2, 0) is 12.6 Å². The molecule has 0 aliphatic heterocycles. The van der Waals surface area contributed by atoms with E-state index in [9.17, 15) is 0 Å². The van der Waals surface area contributed by atoms with Gasteiger partial charge < -0.3 is 12.6 Å². The molecule has 0 unspecified atom stereocenters. The number of thiocyanates is 1. The summed E-state index contributed by atoms with van der Waals surface area (Å²) in [6.45, 7) is 0. The highest BCUT2D eigenvalue weighted by Crippen LogP contribution is 1.16. The first kappa shape index (κ1) is 8.83. The van der Waals surface area contributed by atoms with E-state index in [-0.39, 0.29) is 24.0 Å². The lowest BCUT2D eigenvalue weighted by Crippen LogP contribution is -1.15. The van der Waals surface area contributed by atoms with Crippen LogP contribution >= 0.6 is 24.0 Å². The van der Waals surface area contributed by atoms with Crippen molar-refractivity contribution in [1.29, 1.82) is 5.26 Å². The summed E-state index contributed by atoms with van der Waals surface area (Å²) in [6, 6.07) is 0. The fourth-order valence-corrected chi connectivity index (χ4v) is 0. The van der Waals surface area contributed by atoms with Gasteiger partial charge in [0.1, 0.15) is 0 Å². The highest BCUT2D eigenvalue weighted by molar-refractivity contribution is 14.0. The number of nitriles is 1. The third kappa shape index (κ3) is 26.1. The van der Waals surface area contributed by atoms with E-state index in [1.807, 2.05) is 0 Å². The minimum Gasteiger partial charge on any atom is -0.696 e. The summed E-state index contributed by atoms with van der Waals surface area (Å²) < 4.78 is 0. The van der Waals surface area contributed by atoms with Crippen LogP contribution in [0.15, 0.2) is 0 Å². The zero-order valence-electron chi connectivity index (χ0n) is 1.73. The highest BCUT2D eigenvalue weighted by Gasteiger charge is 0.867. The standard InChI is InChI=1S/CHNS.I/c2-1-3;/h3H;/p-1. The predicted octanol–water partition coefficient (Wildman–Crippen LogP) is 0.900. The van der Waals surface area contributed by atoms with E-state index in [2.05, 4.69) is 12.6 Å². The molecule has 0 bridgehead atoms. The summed E-state index contributed by atoms with van der Waals surface area (Å²) in [5.41, 5.74) is 0. The van der Waals surface area contributed by atoms with Gasteiger partial charge in [0.15, 0.2) is 0 Å². The van der Waals surface area contributed by atoms with Crippen molar-refractivity contribution < 1.29 is 0 Å². The van der Waals surface area contributed by atoms with Gasteiger partial charge in [0.2, 0.25) is 0 Å². The van der Waals surface area contributed by atoms with Gasteiger partial charge in [-0.2, -0.15) is 0 Å². The number of hydrogen-bond donors (Lipinski definition) is 0. The summed E-state index contributed by atoms with van der Waals surface area (Å²) in [6.07, 6.45) is 0. The third-order valence-corrected chi connectivity index (χ3v) is 0. The van der Waals surface area contributed by atoms with Crippen LogP contribution in [0.5, 0.6) is 0 Å². The number of nitrogens with zero attached hydrogens (tertiary/aromatic N) is 1. The molecule has 0 saturated carbocycles. The molecule has 0 saturated heterocycles. The molecule has 1 nitrogen and oxygen atoms in total. The average molecular weight is 185 g/mol. The number of hydrogen-bond acceptors (Lipinski definition) is 2. The van der Waals surface area contributed by atoms with Crippen molar-refractivity contribution in [3.05, 3.63) is 0 Å². The second-order valence-electron chi connectivity index (χ2n) is 0.0913. The van der Waals surface area contributed by atoms with Gasteiger partial charge in [-0.15, -0.1) is 0 Å². The van der Waals surface area contributed by atoms with Crippen LogP contribution in [0.2, 0.25) is 0 Å². The first-order chi connectivity index (χ1) is 1.41. The zero-order chi connectivity index (χ0) is 2.71. The smallest absolute Gasteiger partial charge is 0 e. The van der Waals surface area contributed by atoms with Gasteiger partial charge >= 0.3 is 0 Å². The van der Waals surface area contributed by atoms with Crippen molar-refractivity contribution in [2.75, 3.05) is 0 Å². The maximum absolute atomic E-state index is 7.13. The Kier molecular flexibility index (Phi) is 21.8. The van der Waals surface area contributed by atoms with E-state index in [1.54, 1.807) is 0 Å². The summed E-state index contributed by atoms with van der Waals surface area (Å²) in [7, 11) is 0. The molecule has 4 heavy (non-hydrogen) atoms. The Morgan fingerprint density at radius 3 is 1.75 bits per heavy atom. The Hall–Kier alpha value is 0.440. The molecule has 0 fully saturated rings. The van der Waals surface area contributed by atoms with Crippen LogP contribution < -0.4 is 0 Å². The fourth-order valence-electron chi connectivity index (χ4n) is 0. The summed E-state index contributed by atoms with van der Waals surface area (Å²) >= 11 is 3.70. The minimum absolute atomic E-state index is 0. The lowest BCUT2D eigenvalue weighted by atomic mass is 11.8. The Balaban J connectivity index is 0. The van der Waals surface area contributed by atoms with E-state index in [0.29, 0.717) is 0 Å². The van der Waals surface area contributed by atoms with Gasteiger partial charge in [-0.1, -0.05) is 5.40 Å². The maximum atomic E-state index is 7.13. The monoisotopic (exact) mass is 185 g/mol. The largest absolute Gasteiger partial charge is 0.696 e. The fraction of sp³-hybridized carbons (Fsp3) is 0. The molecule has 0 aliphatic rings. The Bertz CT molecular complexity index is 29.5. The summed E-state index contributed by atoms with van der Waals surface area (Å²) in [5.74, 6) is 0. The molecule has 0 aromatic heterocycles. The molecule has 0 aromatic carbocycles. The van der Waals surface area contributed by atoms with Gasteiger partial charge in [0, 0.05) is 24.0 Å². The van der Waals surface area contributed by atoms with Crippen LogP contribution in [0.25, 0.3) is 0 Å². The van der Waals surface area contributed by atoms with Gasteiger partial charge in [0.05, 0.1) is 0 Å². The van der Waals surface area contributed by atoms with Crippen molar-refractivity contribution in [3.63, 3.8) is 0 Å². The van der Waals surface area contributed by atoms with E-state index in [4.69, 9.17) is 5.26 Å². The quantitative estimate of drug-likeness (QED) is 0.318. The van der Waals surface area contributed by atoms with E-state index >= 15 is 0 Å². The summed E-state index contributed by atoms with van der Waals surface area (Å²) in [5, 5.41) is 8.47. The maximum Gasteiger partial charge on any atom is 0 e. The minimum atomic E-state index is 0.